The van der Waals surface area contributed by atoms with Crippen molar-refractivity contribution in [1.82, 2.24) is 24.9 Å². The van der Waals surface area contributed by atoms with Gasteiger partial charge in [-0.2, -0.15) is 10.2 Å². The number of nitrogens with zero attached hydrogens (tertiary/aromatic N) is 4. The molecule has 0 atom stereocenters. The molecule has 6 heteroatoms. The van der Waals surface area contributed by atoms with Crippen LogP contribution >= 0.6 is 15.9 Å². The third-order valence-corrected chi connectivity index (χ3v) is 4.05. The summed E-state index contributed by atoms with van der Waals surface area (Å²) in [5.41, 5.74) is 3.35. The highest BCUT2D eigenvalue weighted by Gasteiger charge is 2.11. The smallest absolute Gasteiger partial charge is 0.0839 e. The van der Waals surface area contributed by atoms with Crippen LogP contribution in [-0.4, -0.2) is 26.1 Å². The molecule has 2 heterocycles. The van der Waals surface area contributed by atoms with Crippen molar-refractivity contribution in [2.75, 3.05) is 6.54 Å². The predicted molar refractivity (Wildman–Crippen MR) is 79.0 cm³/mol. The molecular formula is C13H20BrN5. The SMILES string of the molecule is CCCNCc1cnn(Cc2c(Br)c(C)nn2C)c1. The fourth-order valence-corrected chi connectivity index (χ4v) is 2.46. The van der Waals surface area contributed by atoms with Crippen LogP contribution in [0.15, 0.2) is 16.9 Å². The highest BCUT2D eigenvalue weighted by molar-refractivity contribution is 9.10. The number of nitrogens with one attached hydrogen (secondary N) is 1. The van der Waals surface area contributed by atoms with Gasteiger partial charge >= 0.3 is 0 Å². The van der Waals surface area contributed by atoms with E-state index in [9.17, 15) is 0 Å². The maximum absolute atomic E-state index is 4.40. The van der Waals surface area contributed by atoms with Gasteiger partial charge in [-0.25, -0.2) is 0 Å². The molecule has 1 N–H and O–H groups in total. The average Bonchev–Trinajstić information content (AvgIpc) is 2.91. The normalized spacial score (nSPS) is 11.2. The van der Waals surface area contributed by atoms with Crippen molar-refractivity contribution >= 4 is 15.9 Å². The van der Waals surface area contributed by atoms with E-state index in [0.29, 0.717) is 0 Å². The van der Waals surface area contributed by atoms with Gasteiger partial charge in [-0.05, 0) is 35.8 Å². The monoisotopic (exact) mass is 325 g/mol. The molecule has 0 amide bonds. The quantitative estimate of drug-likeness (QED) is 0.828. The van der Waals surface area contributed by atoms with Crippen LogP contribution < -0.4 is 5.32 Å². The minimum atomic E-state index is 0.728. The summed E-state index contributed by atoms with van der Waals surface area (Å²) in [6.07, 6.45) is 5.15. The molecule has 19 heavy (non-hydrogen) atoms. The zero-order valence-corrected chi connectivity index (χ0v) is 13.2. The Bertz CT molecular complexity index is 543. The molecular weight excluding hydrogens is 306 g/mol. The van der Waals surface area contributed by atoms with Crippen molar-refractivity contribution in [3.05, 3.63) is 33.8 Å². The lowest BCUT2D eigenvalue weighted by atomic mass is 10.3. The van der Waals surface area contributed by atoms with Crippen LogP contribution in [0.1, 0.15) is 30.3 Å². The molecule has 0 saturated heterocycles. The van der Waals surface area contributed by atoms with Crippen LogP contribution in [0.4, 0.5) is 0 Å². The molecule has 0 aliphatic heterocycles. The first kappa shape index (κ1) is 14.3. The number of hydrogen-bond donors (Lipinski definition) is 1. The summed E-state index contributed by atoms with van der Waals surface area (Å²) in [6.45, 7) is 6.80. The fourth-order valence-electron chi connectivity index (χ4n) is 2.00. The number of halogens is 1. The molecule has 2 rings (SSSR count). The van der Waals surface area contributed by atoms with Crippen LogP contribution in [0.2, 0.25) is 0 Å². The summed E-state index contributed by atoms with van der Waals surface area (Å²) < 4.78 is 4.91. The molecule has 104 valence electrons. The van der Waals surface area contributed by atoms with E-state index in [2.05, 4.69) is 44.6 Å². The van der Waals surface area contributed by atoms with Crippen molar-refractivity contribution in [2.45, 2.75) is 33.4 Å². The third kappa shape index (κ3) is 3.45. The Morgan fingerprint density at radius 3 is 2.84 bits per heavy atom. The first-order chi connectivity index (χ1) is 9.11. The van der Waals surface area contributed by atoms with E-state index >= 15 is 0 Å². The summed E-state index contributed by atoms with van der Waals surface area (Å²) in [7, 11) is 1.96. The van der Waals surface area contributed by atoms with E-state index in [4.69, 9.17) is 0 Å². The second-order valence-corrected chi connectivity index (χ2v) is 5.49. The topological polar surface area (TPSA) is 47.7 Å². The molecule has 2 aromatic heterocycles. The molecule has 0 spiro atoms. The second-order valence-electron chi connectivity index (χ2n) is 4.69. The Morgan fingerprint density at radius 2 is 2.21 bits per heavy atom. The lowest BCUT2D eigenvalue weighted by Gasteiger charge is -2.03. The molecule has 5 nitrogen and oxygen atoms in total. The maximum atomic E-state index is 4.40. The molecule has 0 fully saturated rings. The number of hydrogen-bond acceptors (Lipinski definition) is 3. The molecule has 0 aromatic carbocycles. The molecule has 0 aliphatic carbocycles. The standard InChI is InChI=1S/C13H20BrN5/c1-4-5-15-6-11-7-16-19(8-11)9-12-13(14)10(2)17-18(12)3/h7-8,15H,4-6,9H2,1-3H3. The van der Waals surface area contributed by atoms with Gasteiger partial charge in [-0.3, -0.25) is 9.36 Å². The van der Waals surface area contributed by atoms with E-state index in [1.165, 1.54) is 5.56 Å². The summed E-state index contributed by atoms with van der Waals surface area (Å²) in [6, 6.07) is 0. The Hall–Kier alpha value is -1.14. The van der Waals surface area contributed by atoms with Crippen LogP contribution in [0, 0.1) is 6.92 Å². The third-order valence-electron chi connectivity index (χ3n) is 3.02. The van der Waals surface area contributed by atoms with Crippen molar-refractivity contribution in [2.24, 2.45) is 7.05 Å². The molecule has 0 unspecified atom stereocenters. The Morgan fingerprint density at radius 1 is 1.42 bits per heavy atom. The molecule has 0 radical (unpaired) electrons. The van der Waals surface area contributed by atoms with Gasteiger partial charge in [-0.1, -0.05) is 6.92 Å². The Labute approximate surface area is 122 Å². The summed E-state index contributed by atoms with van der Waals surface area (Å²) in [5.74, 6) is 0. The molecule has 0 aliphatic rings. The zero-order chi connectivity index (χ0) is 13.8. The highest BCUT2D eigenvalue weighted by atomic mass is 79.9. The van der Waals surface area contributed by atoms with Gasteiger partial charge in [0.15, 0.2) is 0 Å². The first-order valence-corrected chi connectivity index (χ1v) is 7.31. The zero-order valence-electron chi connectivity index (χ0n) is 11.6. The number of rotatable bonds is 6. The van der Waals surface area contributed by atoms with Crippen molar-refractivity contribution in [3.63, 3.8) is 0 Å². The first-order valence-electron chi connectivity index (χ1n) is 6.51. The van der Waals surface area contributed by atoms with E-state index in [-0.39, 0.29) is 0 Å². The minimum Gasteiger partial charge on any atom is -0.313 e. The van der Waals surface area contributed by atoms with Crippen molar-refractivity contribution in [3.8, 4) is 0 Å². The second kappa shape index (κ2) is 6.34. The highest BCUT2D eigenvalue weighted by Crippen LogP contribution is 2.20. The van der Waals surface area contributed by atoms with Gasteiger partial charge in [0.05, 0.1) is 28.6 Å². The van der Waals surface area contributed by atoms with Crippen LogP contribution in [0.5, 0.6) is 0 Å². The van der Waals surface area contributed by atoms with Gasteiger partial charge in [-0.15, -0.1) is 0 Å². The van der Waals surface area contributed by atoms with Crippen LogP contribution in [0.3, 0.4) is 0 Å². The summed E-state index contributed by atoms with van der Waals surface area (Å²) in [5, 5.41) is 12.2. The lowest BCUT2D eigenvalue weighted by molar-refractivity contribution is 0.615. The van der Waals surface area contributed by atoms with Gasteiger partial charge in [0.2, 0.25) is 0 Å². The molecule has 0 bridgehead atoms. The Kier molecular flexibility index (Phi) is 4.76. The summed E-state index contributed by atoms with van der Waals surface area (Å²) >= 11 is 3.58. The lowest BCUT2D eigenvalue weighted by Crippen LogP contribution is -2.13. The number of aromatic nitrogens is 4. The predicted octanol–water partition coefficient (Wildman–Crippen LogP) is 2.24. The Balaban J connectivity index is 2.03. The van der Waals surface area contributed by atoms with Crippen LogP contribution in [-0.2, 0) is 20.1 Å². The largest absolute Gasteiger partial charge is 0.313 e. The van der Waals surface area contributed by atoms with E-state index in [1.807, 2.05) is 29.5 Å². The average molecular weight is 326 g/mol. The molecule has 0 saturated carbocycles. The maximum Gasteiger partial charge on any atom is 0.0839 e. The minimum absolute atomic E-state index is 0.728. The van der Waals surface area contributed by atoms with Crippen LogP contribution in [0.25, 0.3) is 0 Å². The van der Waals surface area contributed by atoms with Gasteiger partial charge in [0, 0.05) is 25.4 Å². The molecule has 2 aromatic rings. The van der Waals surface area contributed by atoms with Crippen molar-refractivity contribution in [1.29, 1.82) is 0 Å². The van der Waals surface area contributed by atoms with E-state index in [0.717, 1.165) is 41.9 Å². The van der Waals surface area contributed by atoms with E-state index < -0.39 is 0 Å². The fraction of sp³-hybridized carbons (Fsp3) is 0.538. The van der Waals surface area contributed by atoms with Crippen molar-refractivity contribution < 1.29 is 0 Å². The number of aryl methyl sites for hydroxylation is 2. The van der Waals surface area contributed by atoms with Gasteiger partial charge < -0.3 is 5.32 Å². The van der Waals surface area contributed by atoms with E-state index in [1.54, 1.807) is 0 Å². The van der Waals surface area contributed by atoms with Gasteiger partial charge in [0.1, 0.15) is 0 Å². The van der Waals surface area contributed by atoms with Gasteiger partial charge in [0.25, 0.3) is 0 Å². The summed E-state index contributed by atoms with van der Waals surface area (Å²) in [4.78, 5) is 0.